The van der Waals surface area contributed by atoms with Gasteiger partial charge < -0.3 is 9.26 Å². The third-order valence-corrected chi connectivity index (χ3v) is 3.03. The zero-order chi connectivity index (χ0) is 11.5. The van der Waals surface area contributed by atoms with E-state index in [0.717, 1.165) is 20.8 Å². The fourth-order valence-electron chi connectivity index (χ4n) is 1.36. The lowest BCUT2D eigenvalue weighted by atomic mass is 10.2. The molecule has 0 amide bonds. The number of rotatable bonds is 3. The van der Waals surface area contributed by atoms with E-state index in [1.54, 1.807) is 0 Å². The standard InChI is InChI=1S/C12H12INO2/c1-8-3-4-11(13)12(5-8)15-7-10-6-9(2)16-14-10/h3-6H,7H2,1-2H3. The normalized spacial score (nSPS) is 10.4. The summed E-state index contributed by atoms with van der Waals surface area (Å²) in [4.78, 5) is 0. The van der Waals surface area contributed by atoms with Crippen LogP contribution in [-0.4, -0.2) is 5.16 Å². The van der Waals surface area contributed by atoms with E-state index in [0.29, 0.717) is 6.61 Å². The Hall–Kier alpha value is -1.04. The number of nitrogens with zero attached hydrogens (tertiary/aromatic N) is 1. The van der Waals surface area contributed by atoms with Crippen LogP contribution in [0.25, 0.3) is 0 Å². The molecule has 1 heterocycles. The van der Waals surface area contributed by atoms with Gasteiger partial charge >= 0.3 is 0 Å². The predicted octanol–water partition coefficient (Wildman–Crippen LogP) is 3.48. The number of ether oxygens (including phenoxy) is 1. The lowest BCUT2D eigenvalue weighted by molar-refractivity contribution is 0.286. The second-order valence-corrected chi connectivity index (χ2v) is 4.81. The molecule has 1 aromatic carbocycles. The van der Waals surface area contributed by atoms with Crippen molar-refractivity contribution in [3.63, 3.8) is 0 Å². The van der Waals surface area contributed by atoms with Crippen molar-refractivity contribution in [2.75, 3.05) is 0 Å². The monoisotopic (exact) mass is 329 g/mol. The number of benzene rings is 1. The minimum Gasteiger partial charge on any atom is -0.486 e. The lowest BCUT2D eigenvalue weighted by Crippen LogP contribution is -1.97. The van der Waals surface area contributed by atoms with Crippen LogP contribution >= 0.6 is 22.6 Å². The van der Waals surface area contributed by atoms with Gasteiger partial charge in [0.2, 0.25) is 0 Å². The Balaban J connectivity index is 2.07. The predicted molar refractivity (Wildman–Crippen MR) is 69.5 cm³/mol. The van der Waals surface area contributed by atoms with Crippen LogP contribution in [0.15, 0.2) is 28.8 Å². The molecule has 0 aliphatic carbocycles. The number of hydrogen-bond acceptors (Lipinski definition) is 3. The molecule has 2 aromatic rings. The summed E-state index contributed by atoms with van der Waals surface area (Å²) in [6.07, 6.45) is 0. The van der Waals surface area contributed by atoms with E-state index in [1.165, 1.54) is 5.56 Å². The highest BCUT2D eigenvalue weighted by atomic mass is 127. The molecule has 0 spiro atoms. The summed E-state index contributed by atoms with van der Waals surface area (Å²) in [7, 11) is 0. The van der Waals surface area contributed by atoms with Crippen molar-refractivity contribution in [1.29, 1.82) is 0 Å². The summed E-state index contributed by atoms with van der Waals surface area (Å²) < 4.78 is 11.8. The fourth-order valence-corrected chi connectivity index (χ4v) is 1.85. The van der Waals surface area contributed by atoms with Crippen molar-refractivity contribution < 1.29 is 9.26 Å². The van der Waals surface area contributed by atoms with E-state index in [1.807, 2.05) is 32.0 Å². The van der Waals surface area contributed by atoms with Crippen molar-refractivity contribution in [1.82, 2.24) is 5.16 Å². The molecule has 0 saturated carbocycles. The average molecular weight is 329 g/mol. The van der Waals surface area contributed by atoms with Crippen LogP contribution in [0.5, 0.6) is 5.75 Å². The van der Waals surface area contributed by atoms with Gasteiger partial charge in [0.05, 0.1) is 3.57 Å². The van der Waals surface area contributed by atoms with Crippen LogP contribution in [0.2, 0.25) is 0 Å². The molecule has 2 rings (SSSR count). The minimum absolute atomic E-state index is 0.441. The molecule has 1 aromatic heterocycles. The molecule has 0 bridgehead atoms. The summed E-state index contributed by atoms with van der Waals surface area (Å²) in [5, 5.41) is 3.88. The summed E-state index contributed by atoms with van der Waals surface area (Å²) in [5.41, 5.74) is 2.00. The van der Waals surface area contributed by atoms with E-state index < -0.39 is 0 Å². The number of halogens is 1. The van der Waals surface area contributed by atoms with Gasteiger partial charge in [-0.15, -0.1) is 0 Å². The smallest absolute Gasteiger partial charge is 0.134 e. The molecule has 4 heteroatoms. The highest BCUT2D eigenvalue weighted by Crippen LogP contribution is 2.22. The van der Waals surface area contributed by atoms with E-state index in [4.69, 9.17) is 9.26 Å². The van der Waals surface area contributed by atoms with Crippen molar-refractivity contribution in [2.45, 2.75) is 20.5 Å². The first-order chi connectivity index (χ1) is 7.65. The van der Waals surface area contributed by atoms with Crippen LogP contribution in [0.1, 0.15) is 17.0 Å². The molecule has 0 saturated heterocycles. The molecular weight excluding hydrogens is 317 g/mol. The summed E-state index contributed by atoms with van der Waals surface area (Å²) in [6.45, 7) is 4.35. The fraction of sp³-hybridized carbons (Fsp3) is 0.250. The molecule has 16 heavy (non-hydrogen) atoms. The quantitative estimate of drug-likeness (QED) is 0.809. The maximum Gasteiger partial charge on any atom is 0.134 e. The van der Waals surface area contributed by atoms with Gasteiger partial charge in [-0.3, -0.25) is 0 Å². The number of aryl methyl sites for hydroxylation is 2. The van der Waals surface area contributed by atoms with E-state index in [-0.39, 0.29) is 0 Å². The van der Waals surface area contributed by atoms with Crippen molar-refractivity contribution in [2.24, 2.45) is 0 Å². The van der Waals surface area contributed by atoms with Gasteiger partial charge in [0, 0.05) is 6.07 Å². The van der Waals surface area contributed by atoms with Crippen LogP contribution in [-0.2, 0) is 6.61 Å². The topological polar surface area (TPSA) is 35.3 Å². The molecule has 0 radical (unpaired) electrons. The van der Waals surface area contributed by atoms with Gasteiger partial charge in [0.25, 0.3) is 0 Å². The van der Waals surface area contributed by atoms with E-state index in [2.05, 4.69) is 33.8 Å². The zero-order valence-electron chi connectivity index (χ0n) is 9.16. The molecule has 0 fully saturated rings. The van der Waals surface area contributed by atoms with Gasteiger partial charge in [-0.05, 0) is 54.1 Å². The maximum atomic E-state index is 5.69. The average Bonchev–Trinajstić information content (AvgIpc) is 2.66. The Morgan fingerprint density at radius 3 is 2.81 bits per heavy atom. The Morgan fingerprint density at radius 1 is 1.31 bits per heavy atom. The number of hydrogen-bond donors (Lipinski definition) is 0. The van der Waals surface area contributed by atoms with Crippen molar-refractivity contribution >= 4 is 22.6 Å². The first-order valence-electron chi connectivity index (χ1n) is 4.96. The Morgan fingerprint density at radius 2 is 2.12 bits per heavy atom. The van der Waals surface area contributed by atoms with Gasteiger partial charge in [-0.25, -0.2) is 0 Å². The summed E-state index contributed by atoms with van der Waals surface area (Å²) >= 11 is 2.26. The SMILES string of the molecule is Cc1ccc(I)c(OCc2cc(C)on2)c1. The Kier molecular flexibility index (Phi) is 3.48. The minimum atomic E-state index is 0.441. The maximum absolute atomic E-state index is 5.69. The second-order valence-electron chi connectivity index (χ2n) is 3.65. The zero-order valence-corrected chi connectivity index (χ0v) is 11.3. The molecule has 0 aliphatic heterocycles. The number of aromatic nitrogens is 1. The highest BCUT2D eigenvalue weighted by Gasteiger charge is 2.04. The van der Waals surface area contributed by atoms with Crippen molar-refractivity contribution in [3.8, 4) is 5.75 Å². The largest absolute Gasteiger partial charge is 0.486 e. The molecule has 0 unspecified atom stereocenters. The van der Waals surface area contributed by atoms with Gasteiger partial charge in [0.15, 0.2) is 0 Å². The summed E-state index contributed by atoms with van der Waals surface area (Å²) in [6, 6.07) is 8.01. The Bertz CT molecular complexity index is 494. The first kappa shape index (κ1) is 11.4. The van der Waals surface area contributed by atoms with Crippen LogP contribution in [0, 0.1) is 17.4 Å². The molecule has 84 valence electrons. The van der Waals surface area contributed by atoms with E-state index in [9.17, 15) is 0 Å². The van der Waals surface area contributed by atoms with Crippen LogP contribution < -0.4 is 4.74 Å². The van der Waals surface area contributed by atoms with Crippen molar-refractivity contribution in [3.05, 3.63) is 44.9 Å². The second kappa shape index (κ2) is 4.86. The third kappa shape index (κ3) is 2.75. The first-order valence-corrected chi connectivity index (χ1v) is 6.04. The van der Waals surface area contributed by atoms with E-state index >= 15 is 0 Å². The molecule has 0 N–H and O–H groups in total. The summed E-state index contributed by atoms with van der Waals surface area (Å²) in [5.74, 6) is 1.69. The molecule has 0 atom stereocenters. The van der Waals surface area contributed by atoms with Gasteiger partial charge in [-0.2, -0.15) is 0 Å². The highest BCUT2D eigenvalue weighted by molar-refractivity contribution is 14.1. The Labute approximate surface area is 108 Å². The molecular formula is C12H12INO2. The van der Waals surface area contributed by atoms with Crippen LogP contribution in [0.3, 0.4) is 0 Å². The molecule has 0 aliphatic rings. The van der Waals surface area contributed by atoms with Crippen LogP contribution in [0.4, 0.5) is 0 Å². The van der Waals surface area contributed by atoms with Gasteiger partial charge in [0.1, 0.15) is 23.8 Å². The van der Waals surface area contributed by atoms with Gasteiger partial charge in [-0.1, -0.05) is 11.2 Å². The lowest BCUT2D eigenvalue weighted by Gasteiger charge is -2.06. The third-order valence-electron chi connectivity index (χ3n) is 2.14. The molecule has 3 nitrogen and oxygen atoms in total.